The molecule has 3 N–H and O–H groups in total. The zero-order valence-corrected chi connectivity index (χ0v) is 18.6. The van der Waals surface area contributed by atoms with Crippen molar-refractivity contribution in [3.05, 3.63) is 74.6 Å². The Morgan fingerprint density at radius 2 is 1.74 bits per heavy atom. The van der Waals surface area contributed by atoms with Crippen molar-refractivity contribution in [1.82, 2.24) is 10.3 Å². The van der Waals surface area contributed by atoms with Crippen LogP contribution in [0.3, 0.4) is 0 Å². The minimum absolute atomic E-state index is 0.0735. The Labute approximate surface area is 183 Å². The van der Waals surface area contributed by atoms with Crippen LogP contribution in [0.25, 0.3) is 10.9 Å². The molecule has 1 aliphatic rings. The minimum Gasteiger partial charge on any atom is -0.506 e. The first-order valence-corrected chi connectivity index (χ1v) is 11.4. The molecule has 5 heteroatoms. The number of aromatic hydroxyl groups is 1. The van der Waals surface area contributed by atoms with Crippen molar-refractivity contribution >= 4 is 10.9 Å². The van der Waals surface area contributed by atoms with Crippen LogP contribution in [0.1, 0.15) is 54.7 Å². The maximum absolute atomic E-state index is 11.7. The Bertz CT molecular complexity index is 1100. The van der Waals surface area contributed by atoms with Gasteiger partial charge in [-0.15, -0.1) is 0 Å². The molecule has 1 atom stereocenters. The smallest absolute Gasteiger partial charge is 0.248 e. The highest BCUT2D eigenvalue weighted by Gasteiger charge is 2.24. The molecule has 0 fully saturated rings. The van der Waals surface area contributed by atoms with E-state index in [-0.39, 0.29) is 17.4 Å². The predicted molar refractivity (Wildman–Crippen MR) is 125 cm³/mol. The Morgan fingerprint density at radius 3 is 2.35 bits per heavy atom. The second-order valence-corrected chi connectivity index (χ2v) is 8.34. The highest BCUT2D eigenvalue weighted by atomic mass is 16.5. The van der Waals surface area contributed by atoms with Crippen LogP contribution in [0.2, 0.25) is 0 Å². The van der Waals surface area contributed by atoms with E-state index in [1.165, 1.54) is 28.3 Å². The number of rotatable bonds is 8. The van der Waals surface area contributed by atoms with Crippen LogP contribution in [0.5, 0.6) is 5.75 Å². The average molecular weight is 421 g/mol. The molecule has 31 heavy (non-hydrogen) atoms. The molecule has 0 radical (unpaired) electrons. The summed E-state index contributed by atoms with van der Waals surface area (Å²) in [5, 5.41) is 14.7. The summed E-state index contributed by atoms with van der Waals surface area (Å²) < 4.78 is 6.08. The number of pyridine rings is 1. The van der Waals surface area contributed by atoms with Crippen LogP contribution in [0.4, 0.5) is 0 Å². The first-order chi connectivity index (χ1) is 15.0. The molecule has 0 aliphatic heterocycles. The van der Waals surface area contributed by atoms with Crippen molar-refractivity contribution in [2.75, 3.05) is 13.2 Å². The molecule has 3 aromatic rings. The topological polar surface area (TPSA) is 74.3 Å². The van der Waals surface area contributed by atoms with Gasteiger partial charge in [0, 0.05) is 30.6 Å². The van der Waals surface area contributed by atoms with Gasteiger partial charge in [0.05, 0.1) is 11.6 Å². The largest absolute Gasteiger partial charge is 0.506 e. The lowest BCUT2D eigenvalue weighted by atomic mass is 9.97. The van der Waals surface area contributed by atoms with E-state index in [1.54, 1.807) is 12.1 Å². The van der Waals surface area contributed by atoms with Crippen LogP contribution in [0.15, 0.2) is 41.2 Å². The molecule has 0 spiro atoms. The molecule has 164 valence electrons. The summed E-state index contributed by atoms with van der Waals surface area (Å²) in [7, 11) is 0. The summed E-state index contributed by atoms with van der Waals surface area (Å²) in [5.41, 5.74) is 7.07. The number of fused-ring (bicyclic) bond motifs is 2. The Hall–Kier alpha value is -2.63. The molecule has 1 aliphatic carbocycles. The fraction of sp³-hybridized carbons (Fsp3) is 0.423. The van der Waals surface area contributed by atoms with E-state index >= 15 is 0 Å². The quantitative estimate of drug-likeness (QED) is 0.511. The minimum atomic E-state index is -0.229. The van der Waals surface area contributed by atoms with Crippen molar-refractivity contribution < 1.29 is 9.84 Å². The lowest BCUT2D eigenvalue weighted by molar-refractivity contribution is 0.0613. The van der Waals surface area contributed by atoms with Gasteiger partial charge in [-0.25, -0.2) is 0 Å². The van der Waals surface area contributed by atoms with Gasteiger partial charge in [-0.3, -0.25) is 4.79 Å². The molecule has 0 amide bonds. The molecule has 5 nitrogen and oxygen atoms in total. The van der Waals surface area contributed by atoms with Gasteiger partial charge in [-0.05, 0) is 72.6 Å². The van der Waals surface area contributed by atoms with Gasteiger partial charge in [0.2, 0.25) is 5.56 Å². The summed E-state index contributed by atoms with van der Waals surface area (Å²) >= 11 is 0. The molecule has 0 unspecified atom stereocenters. The number of hydrogen-bond donors (Lipinski definition) is 3. The van der Waals surface area contributed by atoms with E-state index in [2.05, 4.69) is 36.3 Å². The van der Waals surface area contributed by atoms with Gasteiger partial charge in [0.1, 0.15) is 5.75 Å². The predicted octanol–water partition coefficient (Wildman–Crippen LogP) is 4.19. The van der Waals surface area contributed by atoms with Gasteiger partial charge in [0.15, 0.2) is 0 Å². The molecular formula is C26H32N2O3. The fourth-order valence-corrected chi connectivity index (χ4v) is 4.85. The Kier molecular flexibility index (Phi) is 6.44. The van der Waals surface area contributed by atoms with Crippen molar-refractivity contribution in [3.63, 3.8) is 0 Å². The molecular weight excluding hydrogens is 388 g/mol. The SMILES string of the molecule is CCO[C@H](CNC1Cc2cc(CC)c(CC)cc2C1)c1ccc(O)c2[nH]c(=O)ccc12. The number of hydrogen-bond acceptors (Lipinski definition) is 4. The van der Waals surface area contributed by atoms with Crippen molar-refractivity contribution in [2.45, 2.75) is 58.6 Å². The van der Waals surface area contributed by atoms with E-state index in [0.29, 0.717) is 24.7 Å². The van der Waals surface area contributed by atoms with Crippen LogP contribution in [0, 0.1) is 0 Å². The van der Waals surface area contributed by atoms with Crippen molar-refractivity contribution in [3.8, 4) is 5.75 Å². The highest BCUT2D eigenvalue weighted by molar-refractivity contribution is 5.87. The maximum Gasteiger partial charge on any atom is 0.248 e. The number of aryl methyl sites for hydroxylation is 2. The van der Waals surface area contributed by atoms with Gasteiger partial charge in [-0.1, -0.05) is 32.0 Å². The summed E-state index contributed by atoms with van der Waals surface area (Å²) in [6, 6.07) is 12.0. The standard InChI is InChI=1S/C26H32N2O3/c1-4-16-11-18-13-20(14-19(18)12-17(16)5-2)27-15-24(31-6-3)21-7-9-23(29)26-22(21)8-10-25(30)28-26/h7-12,20,24,27,29H,4-6,13-15H2,1-3H3,(H,28,30)/t24-/m1/s1. The van der Waals surface area contributed by atoms with Gasteiger partial charge >= 0.3 is 0 Å². The fourth-order valence-electron chi connectivity index (χ4n) is 4.85. The molecule has 1 aromatic heterocycles. The number of phenolic OH excluding ortho intramolecular Hbond substituents is 1. The summed E-state index contributed by atoms with van der Waals surface area (Å²) in [4.78, 5) is 14.5. The third-order valence-electron chi connectivity index (χ3n) is 6.43. The molecule has 2 aromatic carbocycles. The number of aromatic amines is 1. The maximum atomic E-state index is 11.7. The number of benzene rings is 2. The number of H-pyrrole nitrogens is 1. The van der Waals surface area contributed by atoms with E-state index in [0.717, 1.165) is 36.6 Å². The van der Waals surface area contributed by atoms with Crippen molar-refractivity contribution in [1.29, 1.82) is 0 Å². The van der Waals surface area contributed by atoms with E-state index < -0.39 is 0 Å². The Balaban J connectivity index is 1.53. The third-order valence-corrected chi connectivity index (χ3v) is 6.43. The van der Waals surface area contributed by atoms with Crippen LogP contribution in [-0.2, 0) is 30.4 Å². The van der Waals surface area contributed by atoms with Crippen LogP contribution in [-0.4, -0.2) is 29.3 Å². The third kappa shape index (κ3) is 4.39. The lowest BCUT2D eigenvalue weighted by Crippen LogP contribution is -2.34. The first-order valence-electron chi connectivity index (χ1n) is 11.4. The Morgan fingerprint density at radius 1 is 1.06 bits per heavy atom. The number of aromatic nitrogens is 1. The zero-order chi connectivity index (χ0) is 22.0. The van der Waals surface area contributed by atoms with Gasteiger partial charge < -0.3 is 20.1 Å². The van der Waals surface area contributed by atoms with Crippen molar-refractivity contribution in [2.24, 2.45) is 0 Å². The number of nitrogens with one attached hydrogen (secondary N) is 2. The van der Waals surface area contributed by atoms with Crippen LogP contribution >= 0.6 is 0 Å². The monoisotopic (exact) mass is 420 g/mol. The van der Waals surface area contributed by atoms with E-state index in [1.807, 2.05) is 13.0 Å². The van der Waals surface area contributed by atoms with E-state index in [4.69, 9.17) is 4.74 Å². The number of phenols is 1. The second-order valence-electron chi connectivity index (χ2n) is 8.34. The first kappa shape index (κ1) is 21.6. The normalized spacial score (nSPS) is 14.8. The summed E-state index contributed by atoms with van der Waals surface area (Å²) in [5.74, 6) is 0.0735. The molecule has 0 saturated heterocycles. The number of ether oxygens (including phenoxy) is 1. The lowest BCUT2D eigenvalue weighted by Gasteiger charge is -2.22. The zero-order valence-electron chi connectivity index (χ0n) is 18.6. The molecule has 0 saturated carbocycles. The second kappa shape index (κ2) is 9.25. The molecule has 1 heterocycles. The molecule has 0 bridgehead atoms. The van der Waals surface area contributed by atoms with E-state index in [9.17, 15) is 9.90 Å². The average Bonchev–Trinajstić information content (AvgIpc) is 3.18. The summed E-state index contributed by atoms with van der Waals surface area (Å²) in [6.45, 7) is 7.71. The highest BCUT2D eigenvalue weighted by Crippen LogP contribution is 2.31. The molecule has 4 rings (SSSR count). The summed E-state index contributed by atoms with van der Waals surface area (Å²) in [6.07, 6.45) is 4.07. The van der Waals surface area contributed by atoms with Crippen LogP contribution < -0.4 is 10.9 Å². The van der Waals surface area contributed by atoms with Gasteiger partial charge in [0.25, 0.3) is 0 Å². The van der Waals surface area contributed by atoms with Gasteiger partial charge in [-0.2, -0.15) is 0 Å².